The Morgan fingerprint density at radius 2 is 1.69 bits per heavy atom. The molecule has 7 aromatic rings. The van der Waals surface area contributed by atoms with Gasteiger partial charge in [0.15, 0.2) is 5.82 Å². The predicted octanol–water partition coefficient (Wildman–Crippen LogP) is 8.08. The van der Waals surface area contributed by atoms with Crippen molar-refractivity contribution in [3.05, 3.63) is 116 Å². The fraction of sp³-hybridized carbons (Fsp3) is 0.317. The average molecular weight is 1000 g/mol. The molecule has 9 rings (SSSR count). The van der Waals surface area contributed by atoms with Crippen LogP contribution in [0.3, 0.4) is 0 Å². The number of carbonyl (C=O) groups excluding carboxylic acids is 1. The summed E-state index contributed by atoms with van der Waals surface area (Å²) in [5, 5.41) is 13.9. The summed E-state index contributed by atoms with van der Waals surface area (Å²) in [6, 6.07) is 7.88. The van der Waals surface area contributed by atoms with Gasteiger partial charge in [0.1, 0.15) is 41.9 Å². The van der Waals surface area contributed by atoms with Crippen LogP contribution in [0.1, 0.15) is 53.1 Å². The predicted molar refractivity (Wildman–Crippen MR) is 220 cm³/mol. The molecule has 0 bridgehead atoms. The highest BCUT2D eigenvalue weighted by Crippen LogP contribution is 2.68. The molecule has 2 N–H and O–H groups in total. The molecular formula is C41H30ClF11N10O4S. The smallest absolute Gasteiger partial charge is 0.344 e. The van der Waals surface area contributed by atoms with Gasteiger partial charge in [-0.25, -0.2) is 31.0 Å². The largest absolute Gasteiger partial charge is 0.455 e. The highest BCUT2D eigenvalue weighted by molar-refractivity contribution is 7.92. The van der Waals surface area contributed by atoms with Gasteiger partial charge in [-0.2, -0.15) is 46.0 Å². The molecule has 3 atom stereocenters. The van der Waals surface area contributed by atoms with Gasteiger partial charge >= 0.3 is 12.1 Å². The number of hydrogen-bond acceptors (Lipinski definition) is 8. The molecule has 0 spiro atoms. The second kappa shape index (κ2) is 16.0. The van der Waals surface area contributed by atoms with Gasteiger partial charge in [0.05, 0.1) is 50.5 Å². The normalized spacial score (nSPS) is 17.2. The number of hydrogen-bond donors (Lipinski definition) is 2. The number of aromatic nitrogens is 8. The van der Waals surface area contributed by atoms with Crippen LogP contribution in [0.5, 0.6) is 0 Å². The number of nitrogens with one attached hydrogen (secondary N) is 2. The molecule has 4 heterocycles. The Bertz CT molecular complexity index is 3390. The number of rotatable bonds is 13. The molecule has 0 radical (unpaired) electrons. The third-order valence-corrected chi connectivity index (χ3v) is 12.4. The maximum absolute atomic E-state index is 15.5. The number of alkyl halides is 9. The summed E-state index contributed by atoms with van der Waals surface area (Å²) in [7, 11) is -2.65. The second-order valence-corrected chi connectivity index (χ2v) is 18.5. The summed E-state index contributed by atoms with van der Waals surface area (Å²) in [5.74, 6) is -15.1. The number of aryl methyl sites for hydroxylation is 1. The molecule has 0 unspecified atom stereocenters. The van der Waals surface area contributed by atoms with Crippen LogP contribution in [0.2, 0.25) is 5.02 Å². The lowest BCUT2D eigenvalue weighted by molar-refractivity contribution is -0.287. The van der Waals surface area contributed by atoms with Crippen molar-refractivity contribution in [2.45, 2.75) is 62.3 Å². The third kappa shape index (κ3) is 8.19. The topological polar surface area (TPSA) is 164 Å². The van der Waals surface area contributed by atoms with Crippen LogP contribution in [-0.4, -0.2) is 71.6 Å². The van der Waals surface area contributed by atoms with Crippen molar-refractivity contribution >= 4 is 55.2 Å². The highest BCUT2D eigenvalue weighted by atomic mass is 35.5. The van der Waals surface area contributed by atoms with Crippen molar-refractivity contribution in [1.82, 2.24) is 44.2 Å². The lowest BCUT2D eigenvalue weighted by Gasteiger charge is -2.24. The first-order valence-corrected chi connectivity index (χ1v) is 22.2. The van der Waals surface area contributed by atoms with E-state index in [2.05, 4.69) is 30.3 Å². The molecule has 0 saturated heterocycles. The number of anilines is 1. The van der Waals surface area contributed by atoms with Crippen molar-refractivity contribution in [3.63, 3.8) is 0 Å². The Morgan fingerprint density at radius 3 is 2.35 bits per heavy atom. The number of halogens is 12. The van der Waals surface area contributed by atoms with Gasteiger partial charge < -0.3 is 5.32 Å². The SMILES string of the molecule is Cn1nc(NS(C)(=O)=O)c2c(Cl)ccc(-n3c([C@H](Cc4cc(F)cc(F)c4)NC(=O)Cn4nc(C(F)F)c5c4C(F)(F)[C@@H]4C[C@H]54)nc4cc(-c5ccn(CC(F)(F)C(F)(F)F)n5)ccc4c3=O)c21. The minimum absolute atomic E-state index is 0.0216. The highest BCUT2D eigenvalue weighted by Gasteiger charge is 2.67. The van der Waals surface area contributed by atoms with Crippen molar-refractivity contribution in [2.24, 2.45) is 13.0 Å². The van der Waals surface area contributed by atoms with Crippen molar-refractivity contribution < 1.29 is 61.5 Å². The summed E-state index contributed by atoms with van der Waals surface area (Å²) in [6.45, 7) is -2.99. The fourth-order valence-corrected chi connectivity index (χ4v) is 9.37. The van der Waals surface area contributed by atoms with Gasteiger partial charge in [-0.15, -0.1) is 0 Å². The minimum atomic E-state index is -5.90. The van der Waals surface area contributed by atoms with Crippen LogP contribution >= 0.6 is 11.6 Å². The molecule has 358 valence electrons. The minimum Gasteiger partial charge on any atom is -0.344 e. The zero-order valence-electron chi connectivity index (χ0n) is 34.6. The van der Waals surface area contributed by atoms with E-state index in [4.69, 9.17) is 11.6 Å². The molecule has 14 nitrogen and oxygen atoms in total. The quantitative estimate of drug-likeness (QED) is 0.110. The number of carbonyl (C=O) groups is 1. The molecule has 1 saturated carbocycles. The Balaban J connectivity index is 1.24. The van der Waals surface area contributed by atoms with Gasteiger partial charge in [0.25, 0.3) is 17.9 Å². The molecular weight excluding hydrogens is 973 g/mol. The molecule has 68 heavy (non-hydrogen) atoms. The van der Waals surface area contributed by atoms with Crippen LogP contribution in [0, 0.1) is 17.6 Å². The summed E-state index contributed by atoms with van der Waals surface area (Å²) in [4.78, 5) is 33.8. The van der Waals surface area contributed by atoms with Gasteiger partial charge in [0, 0.05) is 42.8 Å². The molecule has 0 aliphatic heterocycles. The van der Waals surface area contributed by atoms with E-state index < -0.39 is 112 Å². The standard InChI is InChI=1S/C41H30ClF11N10O4S/c1-60-33-28(6-5-24(42)31(33)36(58-60)59-68(2,66)67)63-37(55-26-12-18(3-4-21(26)38(63)65)25-7-8-61(56-25)16-39(47,48)41(51,52)53)27(11-17-9-19(43)13-20(44)10-17)54-29(64)15-62-34-30(32(57-62)35(45)46)22-14-23(22)40(34,49)50/h3-10,12-13,22-23,27,35H,11,14-16H2,1-2H3,(H,54,64)(H,58,59)/t22-,23+,27-/m0/s1. The van der Waals surface area contributed by atoms with Gasteiger partial charge in [-0.1, -0.05) is 17.7 Å². The molecule has 2 aliphatic rings. The van der Waals surface area contributed by atoms with E-state index in [1.165, 1.54) is 37.4 Å². The molecule has 4 aromatic heterocycles. The van der Waals surface area contributed by atoms with E-state index >= 15 is 13.6 Å². The Kier molecular flexibility index (Phi) is 11.0. The Hall–Kier alpha value is -6.57. The van der Waals surface area contributed by atoms with Gasteiger partial charge in [-0.3, -0.25) is 32.9 Å². The Morgan fingerprint density at radius 1 is 0.985 bits per heavy atom. The number of amides is 1. The summed E-state index contributed by atoms with van der Waals surface area (Å²) in [5.41, 5.74) is -3.86. The second-order valence-electron chi connectivity index (χ2n) is 16.4. The number of sulfonamides is 1. The van der Waals surface area contributed by atoms with Crippen molar-refractivity contribution in [2.75, 3.05) is 11.0 Å². The summed E-state index contributed by atoms with van der Waals surface area (Å²) >= 11 is 6.58. The Labute approximate surface area is 379 Å². The van der Waals surface area contributed by atoms with E-state index in [-0.39, 0.29) is 67.1 Å². The number of benzene rings is 3. The molecule has 2 aliphatic carbocycles. The van der Waals surface area contributed by atoms with Crippen molar-refractivity contribution in [3.8, 4) is 16.9 Å². The monoisotopic (exact) mass is 1000 g/mol. The maximum Gasteiger partial charge on any atom is 0.455 e. The van der Waals surface area contributed by atoms with Gasteiger partial charge in [-0.05, 0) is 60.4 Å². The van der Waals surface area contributed by atoms with E-state index in [0.717, 1.165) is 39.9 Å². The molecule has 1 amide bonds. The zero-order valence-corrected chi connectivity index (χ0v) is 36.1. The molecule has 27 heteroatoms. The lowest BCUT2D eigenvalue weighted by Crippen LogP contribution is -2.40. The van der Waals surface area contributed by atoms with Crippen molar-refractivity contribution in [1.29, 1.82) is 0 Å². The first-order chi connectivity index (χ1) is 31.7. The summed E-state index contributed by atoms with van der Waals surface area (Å²) in [6.07, 6.45) is -8.21. The van der Waals surface area contributed by atoms with Gasteiger partial charge in [0.2, 0.25) is 15.9 Å². The van der Waals surface area contributed by atoms with Crippen LogP contribution < -0.4 is 15.6 Å². The first kappa shape index (κ1) is 46.5. The van der Waals surface area contributed by atoms with E-state index in [9.17, 15) is 52.7 Å². The van der Waals surface area contributed by atoms with Crippen LogP contribution in [-0.2, 0) is 47.3 Å². The zero-order chi connectivity index (χ0) is 49.2. The van der Waals surface area contributed by atoms with Crippen LogP contribution in [0.25, 0.3) is 38.8 Å². The number of nitrogens with zero attached hydrogens (tertiary/aromatic N) is 8. The average Bonchev–Trinajstić information content (AvgIpc) is 3.43. The van der Waals surface area contributed by atoms with Crippen LogP contribution in [0.15, 0.2) is 65.6 Å². The fourth-order valence-electron chi connectivity index (χ4n) is 8.64. The molecule has 3 aromatic carbocycles. The first-order valence-electron chi connectivity index (χ1n) is 19.9. The van der Waals surface area contributed by atoms with E-state index in [1.54, 1.807) is 0 Å². The lowest BCUT2D eigenvalue weighted by atomic mass is 10.0. The number of fused-ring (bicyclic) bond motifs is 5. The maximum atomic E-state index is 15.5. The van der Waals surface area contributed by atoms with Crippen LogP contribution in [0.4, 0.5) is 54.1 Å². The van der Waals surface area contributed by atoms with E-state index in [0.29, 0.717) is 15.4 Å². The third-order valence-electron chi connectivity index (χ3n) is 11.5. The summed E-state index contributed by atoms with van der Waals surface area (Å²) < 4.78 is 186. The molecule has 1 fully saturated rings. The van der Waals surface area contributed by atoms with E-state index in [1.807, 2.05) is 0 Å².